The fourth-order valence-corrected chi connectivity index (χ4v) is 2.14. The first-order chi connectivity index (χ1) is 8.75. The van der Waals surface area contributed by atoms with Crippen LogP contribution in [0.25, 0.3) is 0 Å². The minimum absolute atomic E-state index is 0.212. The predicted molar refractivity (Wildman–Crippen MR) is 64.1 cm³/mol. The number of amides is 1. The lowest BCUT2D eigenvalue weighted by Gasteiger charge is -2.14. The second-order valence-electron chi connectivity index (χ2n) is 4.39. The minimum Gasteiger partial charge on any atom is -0.330 e. The molecule has 18 heavy (non-hydrogen) atoms. The lowest BCUT2D eigenvalue weighted by atomic mass is 10.2. The highest BCUT2D eigenvalue weighted by atomic mass is 16.2. The molecule has 7 heteroatoms. The third-order valence-corrected chi connectivity index (χ3v) is 3.13. The smallest absolute Gasteiger partial charge is 0.276 e. The molecule has 0 bridgehead atoms. The van der Waals surface area contributed by atoms with Crippen molar-refractivity contribution in [1.29, 1.82) is 0 Å². The van der Waals surface area contributed by atoms with E-state index in [2.05, 4.69) is 20.5 Å². The van der Waals surface area contributed by atoms with E-state index in [4.69, 9.17) is 0 Å². The molecule has 0 atom stereocenters. The number of aryl methyl sites for hydroxylation is 2. The number of hydrogen-bond donors (Lipinski definition) is 1. The van der Waals surface area contributed by atoms with Crippen LogP contribution in [-0.4, -0.2) is 30.2 Å². The van der Waals surface area contributed by atoms with Gasteiger partial charge in [0, 0.05) is 20.0 Å². The zero-order valence-corrected chi connectivity index (χ0v) is 10.1. The molecule has 2 aromatic rings. The molecule has 7 nitrogen and oxygen atoms in total. The Morgan fingerprint density at radius 1 is 1.39 bits per heavy atom. The second-order valence-corrected chi connectivity index (χ2v) is 4.39. The molecule has 0 radical (unpaired) electrons. The van der Waals surface area contributed by atoms with Crippen LogP contribution in [0.15, 0.2) is 12.5 Å². The van der Waals surface area contributed by atoms with Gasteiger partial charge < -0.3 is 4.57 Å². The summed E-state index contributed by atoms with van der Waals surface area (Å²) >= 11 is 0. The van der Waals surface area contributed by atoms with E-state index in [1.54, 1.807) is 17.9 Å². The van der Waals surface area contributed by atoms with Crippen molar-refractivity contribution in [1.82, 2.24) is 24.3 Å². The number of rotatable bonds is 2. The van der Waals surface area contributed by atoms with Crippen LogP contribution < -0.4 is 5.32 Å². The standard InChI is InChI=1S/C11H14N6O/c1-16-7-12-6-8(16)10(18)13-11-15-14-9-4-2-3-5-17(9)11/h6-7H,2-5H2,1H3,(H,13,15,18). The lowest BCUT2D eigenvalue weighted by Crippen LogP contribution is -2.20. The molecule has 0 aliphatic carbocycles. The van der Waals surface area contributed by atoms with Crippen LogP contribution in [0.1, 0.15) is 29.2 Å². The molecular formula is C11H14N6O. The summed E-state index contributed by atoms with van der Waals surface area (Å²) in [5.74, 6) is 1.26. The molecule has 0 saturated carbocycles. The van der Waals surface area contributed by atoms with E-state index in [-0.39, 0.29) is 5.91 Å². The average Bonchev–Trinajstić information content (AvgIpc) is 2.97. The van der Waals surface area contributed by atoms with Gasteiger partial charge in [0.25, 0.3) is 5.91 Å². The van der Waals surface area contributed by atoms with Gasteiger partial charge >= 0.3 is 0 Å². The Bertz CT molecular complexity index is 584. The molecule has 0 unspecified atom stereocenters. The van der Waals surface area contributed by atoms with E-state index >= 15 is 0 Å². The van der Waals surface area contributed by atoms with Crippen LogP contribution >= 0.6 is 0 Å². The Hall–Kier alpha value is -2.18. The summed E-state index contributed by atoms with van der Waals surface area (Å²) in [5, 5.41) is 10.9. The van der Waals surface area contributed by atoms with Gasteiger partial charge in [0.05, 0.1) is 12.5 Å². The Morgan fingerprint density at radius 3 is 3.06 bits per heavy atom. The molecule has 0 aromatic carbocycles. The third-order valence-electron chi connectivity index (χ3n) is 3.13. The summed E-state index contributed by atoms with van der Waals surface area (Å²) in [6.45, 7) is 0.864. The van der Waals surface area contributed by atoms with Crippen molar-refractivity contribution in [3.05, 3.63) is 24.0 Å². The van der Waals surface area contributed by atoms with Gasteiger partial charge in [0.1, 0.15) is 11.5 Å². The molecule has 3 heterocycles. The average molecular weight is 246 g/mol. The Balaban J connectivity index is 1.83. The van der Waals surface area contributed by atoms with Crippen LogP contribution in [-0.2, 0) is 20.0 Å². The van der Waals surface area contributed by atoms with Crippen molar-refractivity contribution >= 4 is 11.9 Å². The maximum Gasteiger partial charge on any atom is 0.276 e. The van der Waals surface area contributed by atoms with E-state index in [9.17, 15) is 4.79 Å². The highest BCUT2D eigenvalue weighted by Crippen LogP contribution is 2.17. The Morgan fingerprint density at radius 2 is 2.28 bits per heavy atom. The first-order valence-electron chi connectivity index (χ1n) is 5.95. The summed E-state index contributed by atoms with van der Waals surface area (Å²) in [5.41, 5.74) is 0.503. The molecule has 1 aliphatic heterocycles. The van der Waals surface area contributed by atoms with Gasteiger partial charge in [0.15, 0.2) is 0 Å². The monoisotopic (exact) mass is 246 g/mol. The van der Waals surface area contributed by atoms with Gasteiger partial charge in [-0.2, -0.15) is 0 Å². The number of anilines is 1. The van der Waals surface area contributed by atoms with Crippen molar-refractivity contribution in [2.45, 2.75) is 25.8 Å². The number of imidazole rings is 1. The van der Waals surface area contributed by atoms with E-state index in [0.717, 1.165) is 31.6 Å². The molecule has 1 N–H and O–H groups in total. The maximum absolute atomic E-state index is 12.0. The van der Waals surface area contributed by atoms with Crippen LogP contribution in [0.5, 0.6) is 0 Å². The topological polar surface area (TPSA) is 77.6 Å². The molecule has 1 aliphatic rings. The summed E-state index contributed by atoms with van der Waals surface area (Å²) in [7, 11) is 1.78. The number of hydrogen-bond acceptors (Lipinski definition) is 4. The molecule has 1 amide bonds. The number of fused-ring (bicyclic) bond motifs is 1. The fourth-order valence-electron chi connectivity index (χ4n) is 2.14. The molecule has 0 saturated heterocycles. The second kappa shape index (κ2) is 4.25. The van der Waals surface area contributed by atoms with Crippen molar-refractivity contribution in [3.63, 3.8) is 0 Å². The number of nitrogens with one attached hydrogen (secondary N) is 1. The summed E-state index contributed by atoms with van der Waals surface area (Å²) in [6.07, 6.45) is 6.28. The first-order valence-corrected chi connectivity index (χ1v) is 5.95. The Kier molecular flexibility index (Phi) is 2.58. The van der Waals surface area contributed by atoms with Crippen LogP contribution in [0, 0.1) is 0 Å². The summed E-state index contributed by atoms with van der Waals surface area (Å²) < 4.78 is 3.64. The largest absolute Gasteiger partial charge is 0.330 e. The zero-order valence-electron chi connectivity index (χ0n) is 10.1. The van der Waals surface area contributed by atoms with Crippen LogP contribution in [0.2, 0.25) is 0 Å². The molecular weight excluding hydrogens is 232 g/mol. The number of nitrogens with zero attached hydrogens (tertiary/aromatic N) is 5. The molecule has 94 valence electrons. The van der Waals surface area contributed by atoms with Crippen molar-refractivity contribution in [2.75, 3.05) is 5.32 Å². The van der Waals surface area contributed by atoms with Gasteiger partial charge in [-0.15, -0.1) is 10.2 Å². The number of carbonyl (C=O) groups is 1. The van der Waals surface area contributed by atoms with Gasteiger partial charge in [-0.25, -0.2) is 4.98 Å². The van der Waals surface area contributed by atoms with E-state index in [1.165, 1.54) is 6.20 Å². The zero-order chi connectivity index (χ0) is 12.5. The van der Waals surface area contributed by atoms with Gasteiger partial charge in [-0.1, -0.05) is 0 Å². The maximum atomic E-state index is 12.0. The summed E-state index contributed by atoms with van der Waals surface area (Å²) in [4.78, 5) is 15.9. The van der Waals surface area contributed by atoms with Gasteiger partial charge in [-0.05, 0) is 12.8 Å². The van der Waals surface area contributed by atoms with Crippen molar-refractivity contribution < 1.29 is 4.79 Å². The van der Waals surface area contributed by atoms with Crippen LogP contribution in [0.4, 0.5) is 5.95 Å². The van der Waals surface area contributed by atoms with Gasteiger partial charge in [0.2, 0.25) is 5.95 Å². The molecule has 3 rings (SSSR count). The van der Waals surface area contributed by atoms with E-state index < -0.39 is 0 Å². The predicted octanol–water partition coefficient (Wildman–Crippen LogP) is 0.600. The minimum atomic E-state index is -0.212. The SMILES string of the molecule is Cn1cncc1C(=O)Nc1nnc2n1CCCC2. The van der Waals surface area contributed by atoms with Crippen LogP contribution in [0.3, 0.4) is 0 Å². The first kappa shape index (κ1) is 10.9. The van der Waals surface area contributed by atoms with E-state index in [0.29, 0.717) is 11.6 Å². The van der Waals surface area contributed by atoms with Crippen molar-refractivity contribution in [2.24, 2.45) is 7.05 Å². The summed E-state index contributed by atoms with van der Waals surface area (Å²) in [6, 6.07) is 0. The van der Waals surface area contributed by atoms with Gasteiger partial charge in [-0.3, -0.25) is 14.7 Å². The molecule has 0 spiro atoms. The highest BCUT2D eigenvalue weighted by molar-refractivity contribution is 6.01. The lowest BCUT2D eigenvalue weighted by molar-refractivity contribution is 0.101. The highest BCUT2D eigenvalue weighted by Gasteiger charge is 2.18. The fraction of sp³-hybridized carbons (Fsp3) is 0.455. The normalized spacial score (nSPS) is 14.3. The number of carbonyl (C=O) groups excluding carboxylic acids is 1. The third kappa shape index (κ3) is 1.77. The molecule has 2 aromatic heterocycles. The molecule has 0 fully saturated rings. The van der Waals surface area contributed by atoms with Crippen molar-refractivity contribution in [3.8, 4) is 0 Å². The quantitative estimate of drug-likeness (QED) is 0.841. The Labute approximate surface area is 104 Å². The number of aromatic nitrogens is 5. The van der Waals surface area contributed by atoms with E-state index in [1.807, 2.05) is 4.57 Å².